The molecule has 0 radical (unpaired) electrons. The molecule has 1 amide bonds. The maximum atomic E-state index is 13.0. The number of fused-ring (bicyclic) bond motifs is 1. The van der Waals surface area contributed by atoms with Gasteiger partial charge in [-0.15, -0.1) is 0 Å². The summed E-state index contributed by atoms with van der Waals surface area (Å²) in [6.45, 7) is 1.94. The van der Waals surface area contributed by atoms with Gasteiger partial charge >= 0.3 is 0 Å². The van der Waals surface area contributed by atoms with E-state index in [1.54, 1.807) is 34.9 Å². The molecule has 0 atom stereocenters. The van der Waals surface area contributed by atoms with Crippen molar-refractivity contribution in [2.45, 2.75) is 13.3 Å². The van der Waals surface area contributed by atoms with Gasteiger partial charge in [-0.05, 0) is 18.6 Å². The fourth-order valence-electron chi connectivity index (χ4n) is 2.69. The number of nitrogens with one attached hydrogen (secondary N) is 1. The number of methoxy groups -OCH3 is 2. The first-order chi connectivity index (χ1) is 12.5. The second kappa shape index (κ2) is 7.43. The number of anilines is 1. The van der Waals surface area contributed by atoms with E-state index in [4.69, 9.17) is 32.7 Å². The molecule has 1 aromatic carbocycles. The number of aromatic nitrogens is 2. The van der Waals surface area contributed by atoms with Gasteiger partial charge in [0, 0.05) is 18.3 Å². The van der Waals surface area contributed by atoms with Crippen LogP contribution in [0.25, 0.3) is 5.65 Å². The Morgan fingerprint density at radius 1 is 1.19 bits per heavy atom. The standard InChI is InChI=1S/C18H17Cl2N3O3/c1-4-12-17(23-9-10(19)5-6-16(23)21-12)18(24)22-13-8-14(25-2)11(20)7-15(13)26-3/h5-9H,4H2,1-3H3,(H,22,24). The zero-order valence-electron chi connectivity index (χ0n) is 14.5. The van der Waals surface area contributed by atoms with Gasteiger partial charge in [-0.3, -0.25) is 9.20 Å². The van der Waals surface area contributed by atoms with Gasteiger partial charge in [-0.2, -0.15) is 0 Å². The van der Waals surface area contributed by atoms with E-state index < -0.39 is 0 Å². The Morgan fingerprint density at radius 3 is 2.58 bits per heavy atom. The van der Waals surface area contributed by atoms with Crippen LogP contribution < -0.4 is 14.8 Å². The maximum absolute atomic E-state index is 13.0. The molecule has 0 spiro atoms. The fraction of sp³-hybridized carbons (Fsp3) is 0.222. The van der Waals surface area contributed by atoms with Crippen molar-refractivity contribution in [1.82, 2.24) is 9.38 Å². The summed E-state index contributed by atoms with van der Waals surface area (Å²) in [5.41, 5.74) is 2.18. The second-order valence-electron chi connectivity index (χ2n) is 5.48. The van der Waals surface area contributed by atoms with Gasteiger partial charge in [0.05, 0.1) is 35.6 Å². The molecule has 6 nitrogen and oxygen atoms in total. The molecule has 3 aromatic rings. The Morgan fingerprint density at radius 2 is 1.92 bits per heavy atom. The minimum absolute atomic E-state index is 0.334. The highest BCUT2D eigenvalue weighted by Gasteiger charge is 2.20. The molecule has 2 aromatic heterocycles. The van der Waals surface area contributed by atoms with Crippen molar-refractivity contribution in [1.29, 1.82) is 0 Å². The lowest BCUT2D eigenvalue weighted by atomic mass is 10.2. The van der Waals surface area contributed by atoms with Crippen LogP contribution >= 0.6 is 23.2 Å². The highest BCUT2D eigenvalue weighted by Crippen LogP contribution is 2.36. The Labute approximate surface area is 160 Å². The molecule has 0 aliphatic heterocycles. The SMILES string of the molecule is CCc1nc2ccc(Cl)cn2c1C(=O)Nc1cc(OC)c(Cl)cc1OC. The molecule has 0 aliphatic carbocycles. The molecule has 0 bridgehead atoms. The summed E-state index contributed by atoms with van der Waals surface area (Å²) < 4.78 is 12.2. The van der Waals surface area contributed by atoms with Crippen molar-refractivity contribution in [2.75, 3.05) is 19.5 Å². The quantitative estimate of drug-likeness (QED) is 0.694. The van der Waals surface area contributed by atoms with Gasteiger partial charge in [0.15, 0.2) is 0 Å². The Hall–Kier alpha value is -2.44. The number of rotatable bonds is 5. The molecule has 2 heterocycles. The molecule has 136 valence electrons. The minimum Gasteiger partial charge on any atom is -0.495 e. The number of aryl methyl sites for hydroxylation is 1. The molecule has 26 heavy (non-hydrogen) atoms. The van der Waals surface area contributed by atoms with E-state index in [9.17, 15) is 4.79 Å². The Bertz CT molecular complexity index is 985. The summed E-state index contributed by atoms with van der Waals surface area (Å²) in [4.78, 5) is 17.5. The van der Waals surface area contributed by atoms with Gasteiger partial charge in [0.2, 0.25) is 0 Å². The second-order valence-corrected chi connectivity index (χ2v) is 6.32. The van der Waals surface area contributed by atoms with Crippen LogP contribution in [0.1, 0.15) is 23.1 Å². The monoisotopic (exact) mass is 393 g/mol. The molecule has 3 rings (SSSR count). The number of hydrogen-bond donors (Lipinski definition) is 1. The van der Waals surface area contributed by atoms with Crippen LogP contribution in [-0.2, 0) is 6.42 Å². The average molecular weight is 394 g/mol. The van der Waals surface area contributed by atoms with Gasteiger partial charge in [-0.1, -0.05) is 30.1 Å². The first-order valence-electron chi connectivity index (χ1n) is 7.87. The molecule has 0 fully saturated rings. The number of hydrogen-bond acceptors (Lipinski definition) is 4. The fourth-order valence-corrected chi connectivity index (χ4v) is 3.09. The molecular weight excluding hydrogens is 377 g/mol. The third-order valence-corrected chi connectivity index (χ3v) is 4.45. The molecule has 0 saturated carbocycles. The summed E-state index contributed by atoms with van der Waals surface area (Å²) in [6, 6.07) is 6.70. The van der Waals surface area contributed by atoms with E-state index in [-0.39, 0.29) is 5.91 Å². The normalized spacial score (nSPS) is 10.8. The van der Waals surface area contributed by atoms with E-state index in [2.05, 4.69) is 10.3 Å². The van der Waals surface area contributed by atoms with Crippen LogP contribution in [0.5, 0.6) is 11.5 Å². The van der Waals surface area contributed by atoms with E-state index in [1.165, 1.54) is 14.2 Å². The van der Waals surface area contributed by atoms with Crippen LogP contribution in [0.15, 0.2) is 30.5 Å². The topological polar surface area (TPSA) is 64.9 Å². The van der Waals surface area contributed by atoms with Crippen LogP contribution in [0, 0.1) is 0 Å². The summed E-state index contributed by atoms with van der Waals surface area (Å²) in [6.07, 6.45) is 2.26. The lowest BCUT2D eigenvalue weighted by molar-refractivity contribution is 0.102. The van der Waals surface area contributed by atoms with Gasteiger partial charge in [0.1, 0.15) is 22.8 Å². The minimum atomic E-state index is -0.334. The summed E-state index contributed by atoms with van der Waals surface area (Å²) in [5, 5.41) is 3.74. The summed E-state index contributed by atoms with van der Waals surface area (Å²) in [7, 11) is 3.00. The van der Waals surface area contributed by atoms with Crippen LogP contribution in [0.2, 0.25) is 10.0 Å². The average Bonchev–Trinajstić information content (AvgIpc) is 3.00. The molecular formula is C18H17Cl2N3O3. The molecule has 0 unspecified atom stereocenters. The third kappa shape index (κ3) is 3.30. The van der Waals surface area contributed by atoms with Crippen molar-refractivity contribution < 1.29 is 14.3 Å². The van der Waals surface area contributed by atoms with E-state index in [1.807, 2.05) is 6.92 Å². The number of halogens is 2. The van der Waals surface area contributed by atoms with Crippen molar-refractivity contribution in [2.24, 2.45) is 0 Å². The van der Waals surface area contributed by atoms with Crippen molar-refractivity contribution in [3.05, 3.63) is 51.9 Å². The van der Waals surface area contributed by atoms with Crippen LogP contribution in [0.4, 0.5) is 5.69 Å². The number of ether oxygens (including phenoxy) is 2. The molecule has 1 N–H and O–H groups in total. The first-order valence-corrected chi connectivity index (χ1v) is 8.63. The molecule has 0 aliphatic rings. The lowest BCUT2D eigenvalue weighted by Gasteiger charge is -2.13. The summed E-state index contributed by atoms with van der Waals surface area (Å²) in [5.74, 6) is 0.521. The number of pyridine rings is 1. The Kier molecular flexibility index (Phi) is 5.25. The zero-order chi connectivity index (χ0) is 18.8. The number of carbonyl (C=O) groups is 1. The molecule has 8 heteroatoms. The number of imidazole rings is 1. The maximum Gasteiger partial charge on any atom is 0.274 e. The van der Waals surface area contributed by atoms with Crippen molar-refractivity contribution in [3.8, 4) is 11.5 Å². The highest BCUT2D eigenvalue weighted by atomic mass is 35.5. The first kappa shape index (κ1) is 18.4. The van der Waals surface area contributed by atoms with Crippen molar-refractivity contribution in [3.63, 3.8) is 0 Å². The zero-order valence-corrected chi connectivity index (χ0v) is 16.0. The predicted molar refractivity (Wildman–Crippen MR) is 102 cm³/mol. The van der Waals surface area contributed by atoms with Gasteiger partial charge in [0.25, 0.3) is 5.91 Å². The van der Waals surface area contributed by atoms with Gasteiger partial charge < -0.3 is 14.8 Å². The lowest BCUT2D eigenvalue weighted by Crippen LogP contribution is -2.17. The van der Waals surface area contributed by atoms with E-state index >= 15 is 0 Å². The highest BCUT2D eigenvalue weighted by molar-refractivity contribution is 6.32. The smallest absolute Gasteiger partial charge is 0.274 e. The van der Waals surface area contributed by atoms with E-state index in [0.717, 1.165) is 0 Å². The van der Waals surface area contributed by atoms with Crippen molar-refractivity contribution >= 4 is 40.4 Å². The largest absolute Gasteiger partial charge is 0.495 e. The number of amides is 1. The predicted octanol–water partition coefficient (Wildman–Crippen LogP) is 4.47. The third-order valence-electron chi connectivity index (χ3n) is 3.93. The van der Waals surface area contributed by atoms with Crippen LogP contribution in [0.3, 0.4) is 0 Å². The van der Waals surface area contributed by atoms with E-state index in [0.29, 0.717) is 50.7 Å². The van der Waals surface area contributed by atoms with Gasteiger partial charge in [-0.25, -0.2) is 4.98 Å². The number of nitrogens with zero attached hydrogens (tertiary/aromatic N) is 2. The number of benzene rings is 1. The number of carbonyl (C=O) groups excluding carboxylic acids is 1. The summed E-state index contributed by atoms with van der Waals surface area (Å²) >= 11 is 12.2. The van der Waals surface area contributed by atoms with Crippen LogP contribution in [-0.4, -0.2) is 29.5 Å². The Balaban J connectivity index is 2.06. The molecule has 0 saturated heterocycles.